The third kappa shape index (κ3) is 1.61. The molecule has 0 saturated carbocycles. The van der Waals surface area contributed by atoms with E-state index in [1.807, 2.05) is 0 Å². The molecule has 2 nitrogen and oxygen atoms in total. The summed E-state index contributed by atoms with van der Waals surface area (Å²) >= 11 is 0. The molecule has 0 bridgehead atoms. The molecule has 17 heavy (non-hydrogen) atoms. The van der Waals surface area contributed by atoms with Crippen LogP contribution in [0.2, 0.25) is 0 Å². The molecule has 0 aliphatic heterocycles. The Bertz CT molecular complexity index is 669. The van der Waals surface area contributed by atoms with Crippen LogP contribution < -0.4 is 0 Å². The van der Waals surface area contributed by atoms with Crippen LogP contribution >= 0.6 is 0 Å². The zero-order chi connectivity index (χ0) is 11.8. The van der Waals surface area contributed by atoms with E-state index in [1.54, 1.807) is 7.11 Å². The minimum absolute atomic E-state index is 0.130. The van der Waals surface area contributed by atoms with Gasteiger partial charge in [0.25, 0.3) is 0 Å². The topological polar surface area (TPSA) is 25.0 Å². The van der Waals surface area contributed by atoms with Crippen LogP contribution in [0.15, 0.2) is 42.5 Å². The SMILES string of the molecule is COC(C)c1ccc2c(c1)[nH]c1ccccc12. The van der Waals surface area contributed by atoms with Crippen LogP contribution in [0.5, 0.6) is 0 Å². The Labute approximate surface area is 100 Å². The molecule has 86 valence electrons. The van der Waals surface area contributed by atoms with Gasteiger partial charge in [0.15, 0.2) is 0 Å². The monoisotopic (exact) mass is 225 g/mol. The molecule has 0 spiro atoms. The van der Waals surface area contributed by atoms with Gasteiger partial charge >= 0.3 is 0 Å². The first-order valence-corrected chi connectivity index (χ1v) is 5.83. The number of rotatable bonds is 2. The molecule has 1 aromatic heterocycles. The van der Waals surface area contributed by atoms with Crippen LogP contribution in [0.4, 0.5) is 0 Å². The second kappa shape index (κ2) is 3.90. The predicted octanol–water partition coefficient (Wildman–Crippen LogP) is 4.03. The maximum absolute atomic E-state index is 5.35. The highest BCUT2D eigenvalue weighted by molar-refractivity contribution is 6.07. The van der Waals surface area contributed by atoms with E-state index in [9.17, 15) is 0 Å². The first kappa shape index (κ1) is 10.4. The number of para-hydroxylation sites is 1. The fourth-order valence-corrected chi connectivity index (χ4v) is 2.26. The van der Waals surface area contributed by atoms with Crippen molar-refractivity contribution in [2.45, 2.75) is 13.0 Å². The van der Waals surface area contributed by atoms with E-state index in [0.717, 1.165) is 0 Å². The minimum atomic E-state index is 0.130. The summed E-state index contributed by atoms with van der Waals surface area (Å²) in [6, 6.07) is 14.8. The lowest BCUT2D eigenvalue weighted by atomic mass is 10.1. The lowest BCUT2D eigenvalue weighted by Gasteiger charge is -2.09. The van der Waals surface area contributed by atoms with Crippen molar-refractivity contribution in [3.05, 3.63) is 48.0 Å². The summed E-state index contributed by atoms with van der Waals surface area (Å²) in [6.07, 6.45) is 0.130. The molecular formula is C15H15NO. The Morgan fingerprint density at radius 2 is 1.76 bits per heavy atom. The molecule has 0 saturated heterocycles. The lowest BCUT2D eigenvalue weighted by Crippen LogP contribution is -1.94. The van der Waals surface area contributed by atoms with Crippen LogP contribution in [0.25, 0.3) is 21.8 Å². The van der Waals surface area contributed by atoms with Crippen LogP contribution in [0.1, 0.15) is 18.6 Å². The van der Waals surface area contributed by atoms with Crippen molar-refractivity contribution in [3.63, 3.8) is 0 Å². The van der Waals surface area contributed by atoms with Gasteiger partial charge in [0.2, 0.25) is 0 Å². The van der Waals surface area contributed by atoms with Crippen molar-refractivity contribution in [2.75, 3.05) is 7.11 Å². The molecule has 3 rings (SSSR count). The second-order valence-corrected chi connectivity index (χ2v) is 4.35. The molecule has 2 aromatic carbocycles. The number of H-pyrrole nitrogens is 1. The maximum Gasteiger partial charge on any atom is 0.0793 e. The van der Waals surface area contributed by atoms with Crippen molar-refractivity contribution in [1.82, 2.24) is 4.98 Å². The fraction of sp³-hybridized carbons (Fsp3) is 0.200. The normalized spacial score (nSPS) is 13.3. The van der Waals surface area contributed by atoms with Gasteiger partial charge in [-0.2, -0.15) is 0 Å². The zero-order valence-electron chi connectivity index (χ0n) is 10.0. The van der Waals surface area contributed by atoms with Crippen LogP contribution in [-0.4, -0.2) is 12.1 Å². The largest absolute Gasteiger partial charge is 0.377 e. The molecule has 1 unspecified atom stereocenters. The van der Waals surface area contributed by atoms with Gasteiger partial charge in [-0.05, 0) is 24.6 Å². The Morgan fingerprint density at radius 1 is 1.00 bits per heavy atom. The number of hydrogen-bond acceptors (Lipinski definition) is 1. The highest BCUT2D eigenvalue weighted by Crippen LogP contribution is 2.28. The number of hydrogen-bond donors (Lipinski definition) is 1. The van der Waals surface area contributed by atoms with E-state index in [0.29, 0.717) is 0 Å². The fourth-order valence-electron chi connectivity index (χ4n) is 2.26. The van der Waals surface area contributed by atoms with E-state index < -0.39 is 0 Å². The predicted molar refractivity (Wildman–Crippen MR) is 71.2 cm³/mol. The van der Waals surface area contributed by atoms with Crippen LogP contribution in [0.3, 0.4) is 0 Å². The highest BCUT2D eigenvalue weighted by atomic mass is 16.5. The number of fused-ring (bicyclic) bond motifs is 3. The molecule has 0 aliphatic rings. The minimum Gasteiger partial charge on any atom is -0.377 e. The standard InChI is InChI=1S/C15H15NO/c1-10(17-2)11-7-8-13-12-5-3-4-6-14(12)16-15(13)9-11/h3-10,16H,1-2H3. The van der Waals surface area contributed by atoms with Gasteiger partial charge in [-0.1, -0.05) is 30.3 Å². The number of aromatic nitrogens is 1. The summed E-state index contributed by atoms with van der Waals surface area (Å²) < 4.78 is 5.35. The zero-order valence-corrected chi connectivity index (χ0v) is 10.0. The van der Waals surface area contributed by atoms with Crippen molar-refractivity contribution < 1.29 is 4.74 Å². The van der Waals surface area contributed by atoms with Crippen LogP contribution in [0, 0.1) is 0 Å². The molecule has 0 aliphatic carbocycles. The van der Waals surface area contributed by atoms with Crippen molar-refractivity contribution in [2.24, 2.45) is 0 Å². The molecule has 2 heteroatoms. The van der Waals surface area contributed by atoms with Crippen molar-refractivity contribution in [3.8, 4) is 0 Å². The summed E-state index contributed by atoms with van der Waals surface area (Å²) in [6.45, 7) is 2.06. The summed E-state index contributed by atoms with van der Waals surface area (Å²) in [5.74, 6) is 0. The van der Waals surface area contributed by atoms with E-state index in [4.69, 9.17) is 4.74 Å². The lowest BCUT2D eigenvalue weighted by molar-refractivity contribution is 0.119. The third-order valence-corrected chi connectivity index (χ3v) is 3.35. The number of methoxy groups -OCH3 is 1. The number of benzene rings is 2. The summed E-state index contributed by atoms with van der Waals surface area (Å²) in [5.41, 5.74) is 3.56. The molecular weight excluding hydrogens is 210 g/mol. The Balaban J connectivity index is 2.26. The quantitative estimate of drug-likeness (QED) is 0.699. The maximum atomic E-state index is 5.35. The number of nitrogens with one attached hydrogen (secondary N) is 1. The first-order chi connectivity index (χ1) is 8.29. The molecule has 1 N–H and O–H groups in total. The molecule has 0 fully saturated rings. The summed E-state index contributed by atoms with van der Waals surface area (Å²) in [5, 5.41) is 2.55. The van der Waals surface area contributed by atoms with Gasteiger partial charge in [0, 0.05) is 28.9 Å². The van der Waals surface area contributed by atoms with Gasteiger partial charge in [-0.15, -0.1) is 0 Å². The van der Waals surface area contributed by atoms with E-state index in [-0.39, 0.29) is 6.10 Å². The van der Waals surface area contributed by atoms with E-state index in [1.165, 1.54) is 27.4 Å². The Morgan fingerprint density at radius 3 is 2.59 bits per heavy atom. The first-order valence-electron chi connectivity index (χ1n) is 5.83. The summed E-state index contributed by atoms with van der Waals surface area (Å²) in [4.78, 5) is 3.44. The van der Waals surface area contributed by atoms with Crippen LogP contribution in [-0.2, 0) is 4.74 Å². The van der Waals surface area contributed by atoms with E-state index >= 15 is 0 Å². The number of ether oxygens (including phenoxy) is 1. The van der Waals surface area contributed by atoms with Gasteiger partial charge in [0.1, 0.15) is 0 Å². The molecule has 3 aromatic rings. The molecule has 0 amide bonds. The molecule has 1 atom stereocenters. The van der Waals surface area contributed by atoms with Gasteiger partial charge in [-0.25, -0.2) is 0 Å². The average molecular weight is 225 g/mol. The summed E-state index contributed by atoms with van der Waals surface area (Å²) in [7, 11) is 1.74. The van der Waals surface area contributed by atoms with Crippen molar-refractivity contribution in [1.29, 1.82) is 0 Å². The average Bonchev–Trinajstić information content (AvgIpc) is 2.75. The highest BCUT2D eigenvalue weighted by Gasteiger charge is 2.07. The van der Waals surface area contributed by atoms with Gasteiger partial charge in [0.05, 0.1) is 6.10 Å². The number of aromatic amines is 1. The molecule has 0 radical (unpaired) electrons. The van der Waals surface area contributed by atoms with E-state index in [2.05, 4.69) is 54.4 Å². The van der Waals surface area contributed by atoms with Gasteiger partial charge in [-0.3, -0.25) is 0 Å². The second-order valence-electron chi connectivity index (χ2n) is 4.35. The third-order valence-electron chi connectivity index (χ3n) is 3.35. The molecule has 1 heterocycles. The van der Waals surface area contributed by atoms with Gasteiger partial charge < -0.3 is 9.72 Å². The smallest absolute Gasteiger partial charge is 0.0793 e. The Hall–Kier alpha value is -1.80. The van der Waals surface area contributed by atoms with Crippen molar-refractivity contribution >= 4 is 21.8 Å². The Kier molecular flexibility index (Phi) is 2.37.